The Labute approximate surface area is 169 Å². The van der Waals surface area contributed by atoms with E-state index in [-0.39, 0.29) is 24.1 Å². The van der Waals surface area contributed by atoms with E-state index < -0.39 is 5.60 Å². The smallest absolute Gasteiger partial charge is 0.302 e. The van der Waals surface area contributed by atoms with Crippen LogP contribution >= 0.6 is 0 Å². The lowest BCUT2D eigenvalue weighted by atomic mass is 9.44. The third-order valence-electron chi connectivity index (χ3n) is 9.48. The normalized spacial score (nSPS) is 49.8. The number of hydrogen-bond donors (Lipinski definition) is 2. The molecular formula is C24H36O4. The Bertz CT molecular complexity index is 692. The molecular weight excluding hydrogens is 352 g/mol. The number of carbonyl (C=O) groups is 1. The molecule has 4 nitrogen and oxygen atoms in total. The molecule has 4 rings (SSSR count). The molecule has 0 aliphatic heterocycles. The molecule has 4 fully saturated rings. The summed E-state index contributed by atoms with van der Waals surface area (Å²) in [6.07, 6.45) is 9.66. The molecule has 2 N–H and O–H groups in total. The van der Waals surface area contributed by atoms with Crippen LogP contribution in [0.4, 0.5) is 0 Å². The molecule has 4 aliphatic carbocycles. The summed E-state index contributed by atoms with van der Waals surface area (Å²) < 4.78 is 5.56. The highest BCUT2D eigenvalue weighted by atomic mass is 16.5. The van der Waals surface area contributed by atoms with E-state index in [2.05, 4.69) is 25.7 Å². The highest BCUT2D eigenvalue weighted by molar-refractivity contribution is 5.66. The van der Waals surface area contributed by atoms with Gasteiger partial charge in [0, 0.05) is 12.3 Å². The average Bonchev–Trinajstić information content (AvgIpc) is 2.91. The zero-order valence-electron chi connectivity index (χ0n) is 17.7. The van der Waals surface area contributed by atoms with Crippen molar-refractivity contribution in [2.45, 2.75) is 90.3 Å². The summed E-state index contributed by atoms with van der Waals surface area (Å²) in [4.78, 5) is 11.4. The zero-order chi connectivity index (χ0) is 20.2. The molecule has 0 unspecified atom stereocenters. The molecule has 0 aromatic rings. The van der Waals surface area contributed by atoms with Gasteiger partial charge < -0.3 is 14.9 Å². The predicted molar refractivity (Wildman–Crippen MR) is 107 cm³/mol. The topological polar surface area (TPSA) is 66.8 Å². The largest absolute Gasteiger partial charge is 0.463 e. The van der Waals surface area contributed by atoms with Gasteiger partial charge in [-0.1, -0.05) is 25.7 Å². The molecule has 0 bridgehead atoms. The van der Waals surface area contributed by atoms with Gasteiger partial charge in [-0.05, 0) is 86.9 Å². The number of aliphatic hydroxyl groups excluding tert-OH is 1. The minimum atomic E-state index is -0.948. The van der Waals surface area contributed by atoms with Crippen molar-refractivity contribution in [3.8, 4) is 11.8 Å². The molecule has 0 amide bonds. The molecule has 156 valence electrons. The van der Waals surface area contributed by atoms with Gasteiger partial charge in [-0.25, -0.2) is 0 Å². The van der Waals surface area contributed by atoms with E-state index in [1.165, 1.54) is 19.8 Å². The third kappa shape index (κ3) is 2.92. The molecule has 28 heavy (non-hydrogen) atoms. The van der Waals surface area contributed by atoms with Gasteiger partial charge in [-0.2, -0.15) is 0 Å². The van der Waals surface area contributed by atoms with Gasteiger partial charge in [-0.3, -0.25) is 4.79 Å². The van der Waals surface area contributed by atoms with Crippen LogP contribution in [0.5, 0.6) is 0 Å². The molecule has 4 saturated carbocycles. The molecule has 0 radical (unpaired) electrons. The quantitative estimate of drug-likeness (QED) is 0.531. The summed E-state index contributed by atoms with van der Waals surface area (Å²) in [6.45, 7) is 6.08. The summed E-state index contributed by atoms with van der Waals surface area (Å²) in [5.74, 6) is 8.17. The van der Waals surface area contributed by atoms with Crippen molar-refractivity contribution in [3.63, 3.8) is 0 Å². The van der Waals surface area contributed by atoms with Gasteiger partial charge in [0.25, 0.3) is 0 Å². The van der Waals surface area contributed by atoms with Crippen LogP contribution in [0.1, 0.15) is 78.6 Å². The summed E-state index contributed by atoms with van der Waals surface area (Å²) in [6, 6.07) is 0. The molecule has 0 aromatic heterocycles. The Balaban J connectivity index is 1.55. The van der Waals surface area contributed by atoms with Crippen LogP contribution in [-0.4, -0.2) is 34.5 Å². The maximum atomic E-state index is 11.4. The first-order valence-corrected chi connectivity index (χ1v) is 11.2. The second kappa shape index (κ2) is 7.03. The first kappa shape index (κ1) is 20.2. The first-order chi connectivity index (χ1) is 13.2. The van der Waals surface area contributed by atoms with Gasteiger partial charge in [0.15, 0.2) is 0 Å². The Kier molecular flexibility index (Phi) is 5.08. The molecule has 4 heteroatoms. The van der Waals surface area contributed by atoms with Crippen LogP contribution in [-0.2, 0) is 9.53 Å². The van der Waals surface area contributed by atoms with E-state index in [0.717, 1.165) is 44.9 Å². The number of rotatable bonds is 1. The van der Waals surface area contributed by atoms with Crippen molar-refractivity contribution in [1.29, 1.82) is 0 Å². The molecule has 0 saturated heterocycles. The van der Waals surface area contributed by atoms with Crippen molar-refractivity contribution < 1.29 is 19.7 Å². The Morgan fingerprint density at radius 3 is 2.54 bits per heavy atom. The standard InChI is InChI=1S/C24H36O4/c1-16(26)28-18-7-11-22(2)17(15-18)5-6-19-20(22)8-12-23(3)21(19)9-13-24(23,27)10-4-14-25/h17-21,25,27H,5-9,11-15H2,1-3H3/t17-,18-,19+,20-,21-,22-,23-,24-/m0/s1. The van der Waals surface area contributed by atoms with E-state index in [1.54, 1.807) is 0 Å². The highest BCUT2D eigenvalue weighted by Crippen LogP contribution is 2.68. The van der Waals surface area contributed by atoms with Crippen molar-refractivity contribution in [2.75, 3.05) is 6.61 Å². The maximum absolute atomic E-state index is 11.4. The monoisotopic (exact) mass is 388 g/mol. The average molecular weight is 389 g/mol. The fourth-order valence-corrected chi connectivity index (χ4v) is 7.97. The van der Waals surface area contributed by atoms with Gasteiger partial charge in [0.1, 0.15) is 18.3 Å². The van der Waals surface area contributed by atoms with E-state index >= 15 is 0 Å². The lowest BCUT2D eigenvalue weighted by Crippen LogP contribution is -2.56. The third-order valence-corrected chi connectivity index (χ3v) is 9.48. The second-order valence-corrected chi connectivity index (χ2v) is 10.5. The van der Waals surface area contributed by atoms with Crippen LogP contribution < -0.4 is 0 Å². The Morgan fingerprint density at radius 2 is 1.82 bits per heavy atom. The fourth-order valence-electron chi connectivity index (χ4n) is 7.97. The lowest BCUT2D eigenvalue weighted by molar-refractivity contribution is -0.164. The zero-order valence-corrected chi connectivity index (χ0v) is 17.7. The van der Waals surface area contributed by atoms with Crippen molar-refractivity contribution in [3.05, 3.63) is 0 Å². The lowest BCUT2D eigenvalue weighted by Gasteiger charge is -2.61. The Morgan fingerprint density at radius 1 is 1.07 bits per heavy atom. The maximum Gasteiger partial charge on any atom is 0.302 e. The van der Waals surface area contributed by atoms with Crippen LogP contribution in [0, 0.1) is 46.3 Å². The van der Waals surface area contributed by atoms with Crippen molar-refractivity contribution in [1.82, 2.24) is 0 Å². The fraction of sp³-hybridized carbons (Fsp3) is 0.875. The van der Waals surface area contributed by atoms with Gasteiger partial charge in [0.05, 0.1) is 0 Å². The van der Waals surface area contributed by atoms with E-state index in [1.807, 2.05) is 0 Å². The summed E-state index contributed by atoms with van der Waals surface area (Å²) in [5.41, 5.74) is -0.775. The number of hydrogen-bond acceptors (Lipinski definition) is 4. The van der Waals surface area contributed by atoms with E-state index in [0.29, 0.717) is 29.1 Å². The molecule has 4 aliphatic rings. The number of carbonyl (C=O) groups excluding carboxylic acids is 1. The van der Waals surface area contributed by atoms with Crippen molar-refractivity contribution in [2.24, 2.45) is 34.5 Å². The molecule has 0 spiro atoms. The Hall–Kier alpha value is -1.05. The van der Waals surface area contributed by atoms with Crippen molar-refractivity contribution >= 4 is 5.97 Å². The number of aliphatic hydroxyl groups is 2. The van der Waals surface area contributed by atoms with Crippen LogP contribution in [0.15, 0.2) is 0 Å². The summed E-state index contributed by atoms with van der Waals surface area (Å²) in [7, 11) is 0. The summed E-state index contributed by atoms with van der Waals surface area (Å²) in [5, 5.41) is 20.5. The second-order valence-electron chi connectivity index (χ2n) is 10.5. The van der Waals surface area contributed by atoms with Gasteiger partial charge >= 0.3 is 5.97 Å². The molecule has 8 atom stereocenters. The number of esters is 1. The van der Waals surface area contributed by atoms with Gasteiger partial charge in [-0.15, -0.1) is 0 Å². The van der Waals surface area contributed by atoms with Crippen LogP contribution in [0.25, 0.3) is 0 Å². The number of fused-ring (bicyclic) bond motifs is 5. The minimum Gasteiger partial charge on any atom is -0.463 e. The van der Waals surface area contributed by atoms with E-state index in [4.69, 9.17) is 9.84 Å². The van der Waals surface area contributed by atoms with E-state index in [9.17, 15) is 9.90 Å². The highest BCUT2D eigenvalue weighted by Gasteiger charge is 2.64. The summed E-state index contributed by atoms with van der Waals surface area (Å²) >= 11 is 0. The van der Waals surface area contributed by atoms with Gasteiger partial charge in [0.2, 0.25) is 0 Å². The molecule has 0 aromatic carbocycles. The number of ether oxygens (including phenoxy) is 1. The molecule has 0 heterocycles. The predicted octanol–water partition coefficient (Wildman–Crippen LogP) is 3.69. The minimum absolute atomic E-state index is 0.103. The van der Waals surface area contributed by atoms with Crippen LogP contribution in [0.2, 0.25) is 0 Å². The SMILES string of the molecule is CC(=O)O[C@H]1CC[C@@]2(C)[C@@H](CC[C@@H]3[C@@H]2CC[C@@]2(C)[C@H]3CC[C@@]2(O)C#CCO)C1. The van der Waals surface area contributed by atoms with Crippen LogP contribution in [0.3, 0.4) is 0 Å². The first-order valence-electron chi connectivity index (χ1n) is 11.2.